The van der Waals surface area contributed by atoms with E-state index in [0.29, 0.717) is 19.1 Å². The van der Waals surface area contributed by atoms with Crippen LogP contribution in [0.4, 0.5) is 5.69 Å². The fraction of sp³-hybridized carbons (Fsp3) is 0.300. The summed E-state index contributed by atoms with van der Waals surface area (Å²) in [6.45, 7) is 3.24. The van der Waals surface area contributed by atoms with Crippen LogP contribution in [0.5, 0.6) is 0 Å². The van der Waals surface area contributed by atoms with Gasteiger partial charge in [0.05, 0.1) is 18.8 Å². The second-order valence-electron chi connectivity index (χ2n) is 6.49. The number of fused-ring (bicyclic) bond motifs is 1. The van der Waals surface area contributed by atoms with Crippen molar-refractivity contribution in [2.45, 2.75) is 25.8 Å². The first-order chi connectivity index (χ1) is 11.7. The van der Waals surface area contributed by atoms with Gasteiger partial charge in [-0.2, -0.15) is 5.10 Å². The lowest BCUT2D eigenvalue weighted by Gasteiger charge is -2.25. The number of benzene rings is 2. The Balaban J connectivity index is 1.49. The average Bonchev–Trinajstić information content (AvgIpc) is 3.21. The molecule has 2 aliphatic rings. The minimum Gasteiger partial charge on any atom is -0.359 e. The van der Waals surface area contributed by atoms with E-state index in [1.807, 2.05) is 36.4 Å². The van der Waals surface area contributed by atoms with Gasteiger partial charge in [0.2, 0.25) is 0 Å². The largest absolute Gasteiger partial charge is 0.359 e. The van der Waals surface area contributed by atoms with Crippen LogP contribution in [-0.4, -0.2) is 35.8 Å². The highest BCUT2D eigenvalue weighted by Gasteiger charge is 2.30. The summed E-state index contributed by atoms with van der Waals surface area (Å²) in [7, 11) is 0. The van der Waals surface area contributed by atoms with Crippen LogP contribution in [0.15, 0.2) is 59.7 Å². The first-order valence-electron chi connectivity index (χ1n) is 8.50. The molecule has 2 aromatic carbocycles. The van der Waals surface area contributed by atoms with Gasteiger partial charge >= 0.3 is 0 Å². The molecule has 0 spiro atoms. The molecule has 0 N–H and O–H groups in total. The van der Waals surface area contributed by atoms with Crippen molar-refractivity contribution in [1.29, 1.82) is 0 Å². The Morgan fingerprint density at radius 2 is 1.88 bits per heavy atom. The summed E-state index contributed by atoms with van der Waals surface area (Å²) >= 11 is 0. The number of hydrogen-bond donors (Lipinski definition) is 0. The van der Waals surface area contributed by atoms with Gasteiger partial charge in [-0.05, 0) is 30.5 Å². The maximum Gasteiger partial charge on any atom is 0.262 e. The molecule has 2 aromatic rings. The topological polar surface area (TPSA) is 35.9 Å². The highest BCUT2D eigenvalue weighted by Crippen LogP contribution is 2.31. The van der Waals surface area contributed by atoms with E-state index in [1.165, 1.54) is 11.3 Å². The Morgan fingerprint density at radius 3 is 2.71 bits per heavy atom. The smallest absolute Gasteiger partial charge is 0.262 e. The lowest BCUT2D eigenvalue weighted by atomic mass is 10.1. The van der Waals surface area contributed by atoms with Gasteiger partial charge in [-0.3, -0.25) is 4.79 Å². The molecule has 4 heteroatoms. The Kier molecular flexibility index (Phi) is 3.81. The molecule has 2 heterocycles. The molecule has 1 atom stereocenters. The molecular formula is C20H21N3O. The van der Waals surface area contributed by atoms with Gasteiger partial charge < -0.3 is 4.90 Å². The standard InChI is InChI=1S/C20H21N3O/c1-15-13-17-9-5-6-10-19(17)22(15)14-20(24)23-12-11-18(21-23)16-7-3-2-4-8-16/h2-10,15H,11-14H2,1H3/t15-/m1/s1. The number of carbonyl (C=O) groups excluding carboxylic acids is 1. The Hall–Kier alpha value is -2.62. The lowest BCUT2D eigenvalue weighted by molar-refractivity contribution is -0.129. The summed E-state index contributed by atoms with van der Waals surface area (Å²) in [5.41, 5.74) is 4.61. The quantitative estimate of drug-likeness (QED) is 0.871. The Morgan fingerprint density at radius 1 is 1.12 bits per heavy atom. The minimum absolute atomic E-state index is 0.0736. The first kappa shape index (κ1) is 14.9. The SMILES string of the molecule is C[C@@H]1Cc2ccccc2N1CC(=O)N1CCC(c2ccccc2)=N1. The highest BCUT2D eigenvalue weighted by atomic mass is 16.2. The number of anilines is 1. The van der Waals surface area contributed by atoms with Gasteiger partial charge in [-0.1, -0.05) is 48.5 Å². The van der Waals surface area contributed by atoms with E-state index < -0.39 is 0 Å². The normalized spacial score (nSPS) is 19.4. The monoisotopic (exact) mass is 319 g/mol. The van der Waals surface area contributed by atoms with Gasteiger partial charge in [0.1, 0.15) is 0 Å². The summed E-state index contributed by atoms with van der Waals surface area (Å²) in [6.07, 6.45) is 1.82. The molecule has 4 nitrogen and oxygen atoms in total. The second kappa shape index (κ2) is 6.11. The molecule has 4 rings (SSSR count). The number of nitrogens with zero attached hydrogens (tertiary/aromatic N) is 3. The average molecular weight is 319 g/mol. The molecule has 1 amide bonds. The van der Waals surface area contributed by atoms with Crippen LogP contribution < -0.4 is 4.90 Å². The minimum atomic E-state index is 0.0736. The zero-order valence-electron chi connectivity index (χ0n) is 13.9. The van der Waals surface area contributed by atoms with Crippen molar-refractivity contribution in [2.24, 2.45) is 5.10 Å². The molecule has 0 unspecified atom stereocenters. The van der Waals surface area contributed by atoms with Crippen LogP contribution in [-0.2, 0) is 11.2 Å². The fourth-order valence-corrected chi connectivity index (χ4v) is 3.57. The van der Waals surface area contributed by atoms with Crippen molar-refractivity contribution < 1.29 is 4.79 Å². The van der Waals surface area contributed by atoms with Crippen molar-refractivity contribution in [3.8, 4) is 0 Å². The molecule has 0 saturated heterocycles. The number of rotatable bonds is 3. The molecular weight excluding hydrogens is 298 g/mol. The third-order valence-electron chi connectivity index (χ3n) is 4.85. The third kappa shape index (κ3) is 2.68. The number of amides is 1. The van der Waals surface area contributed by atoms with Crippen LogP contribution in [0.1, 0.15) is 24.5 Å². The molecule has 0 aliphatic carbocycles. The van der Waals surface area contributed by atoms with Crippen molar-refractivity contribution in [2.75, 3.05) is 18.0 Å². The Labute approximate surface area is 142 Å². The zero-order valence-corrected chi connectivity index (χ0v) is 13.9. The molecule has 0 aromatic heterocycles. The van der Waals surface area contributed by atoms with E-state index in [0.717, 1.165) is 24.1 Å². The second-order valence-corrected chi connectivity index (χ2v) is 6.49. The van der Waals surface area contributed by atoms with Gasteiger partial charge in [0, 0.05) is 18.2 Å². The summed E-state index contributed by atoms with van der Waals surface area (Å²) in [5, 5.41) is 6.19. The van der Waals surface area contributed by atoms with Gasteiger partial charge in [0.25, 0.3) is 5.91 Å². The van der Waals surface area contributed by atoms with Crippen LogP contribution in [0.3, 0.4) is 0 Å². The number of hydrazone groups is 1. The maximum absolute atomic E-state index is 12.7. The van der Waals surface area contributed by atoms with E-state index in [2.05, 4.69) is 35.1 Å². The molecule has 24 heavy (non-hydrogen) atoms. The zero-order chi connectivity index (χ0) is 16.5. The molecule has 0 radical (unpaired) electrons. The highest BCUT2D eigenvalue weighted by molar-refractivity contribution is 6.02. The maximum atomic E-state index is 12.7. The van der Waals surface area contributed by atoms with Crippen LogP contribution >= 0.6 is 0 Å². The molecule has 122 valence electrons. The molecule has 0 bridgehead atoms. The predicted octanol–water partition coefficient (Wildman–Crippen LogP) is 3.07. The number of carbonyl (C=O) groups is 1. The molecule has 0 saturated carbocycles. The summed E-state index contributed by atoms with van der Waals surface area (Å²) in [6, 6.07) is 18.8. The van der Waals surface area contributed by atoms with Crippen LogP contribution in [0, 0.1) is 0 Å². The van der Waals surface area contributed by atoms with E-state index in [4.69, 9.17) is 0 Å². The molecule has 2 aliphatic heterocycles. The first-order valence-corrected chi connectivity index (χ1v) is 8.50. The van der Waals surface area contributed by atoms with E-state index >= 15 is 0 Å². The predicted molar refractivity (Wildman–Crippen MR) is 96.3 cm³/mol. The van der Waals surface area contributed by atoms with E-state index in [9.17, 15) is 4.79 Å². The summed E-state index contributed by atoms with van der Waals surface area (Å²) < 4.78 is 0. The van der Waals surface area contributed by atoms with Crippen LogP contribution in [0.2, 0.25) is 0 Å². The van der Waals surface area contributed by atoms with Crippen LogP contribution in [0.25, 0.3) is 0 Å². The van der Waals surface area contributed by atoms with E-state index in [1.54, 1.807) is 5.01 Å². The van der Waals surface area contributed by atoms with Gasteiger partial charge in [0.15, 0.2) is 0 Å². The summed E-state index contributed by atoms with van der Waals surface area (Å²) in [5.74, 6) is 0.0736. The Bertz CT molecular complexity index is 784. The van der Waals surface area contributed by atoms with Crippen molar-refractivity contribution in [1.82, 2.24) is 5.01 Å². The van der Waals surface area contributed by atoms with Crippen molar-refractivity contribution in [3.05, 3.63) is 65.7 Å². The fourth-order valence-electron chi connectivity index (χ4n) is 3.57. The third-order valence-corrected chi connectivity index (χ3v) is 4.85. The lowest BCUT2D eigenvalue weighted by Crippen LogP contribution is -2.40. The number of hydrogen-bond acceptors (Lipinski definition) is 3. The molecule has 0 fully saturated rings. The van der Waals surface area contributed by atoms with Gasteiger partial charge in [-0.15, -0.1) is 0 Å². The number of para-hydroxylation sites is 1. The van der Waals surface area contributed by atoms with Crippen molar-refractivity contribution in [3.63, 3.8) is 0 Å². The van der Waals surface area contributed by atoms with Gasteiger partial charge in [-0.25, -0.2) is 5.01 Å². The summed E-state index contributed by atoms with van der Waals surface area (Å²) in [4.78, 5) is 14.9. The van der Waals surface area contributed by atoms with Crippen molar-refractivity contribution >= 4 is 17.3 Å². The van der Waals surface area contributed by atoms with E-state index in [-0.39, 0.29) is 5.91 Å².